The first kappa shape index (κ1) is 18.3. The van der Waals surface area contributed by atoms with E-state index < -0.39 is 5.97 Å². The molecule has 0 fully saturated rings. The first-order valence-corrected chi connectivity index (χ1v) is 8.16. The minimum Gasteiger partial charge on any atom is -0.490 e. The minimum atomic E-state index is -1.01. The highest BCUT2D eigenvalue weighted by molar-refractivity contribution is 5.94. The van der Waals surface area contributed by atoms with E-state index in [0.29, 0.717) is 30.4 Å². The first-order chi connectivity index (χ1) is 12.2. The zero-order valence-corrected chi connectivity index (χ0v) is 14.4. The van der Waals surface area contributed by atoms with E-state index in [1.54, 1.807) is 24.4 Å². The minimum absolute atomic E-state index is 0.165. The Balaban J connectivity index is 2.13. The number of benzene rings is 2. The van der Waals surface area contributed by atoms with E-state index in [1.165, 1.54) is 6.07 Å². The molecular formula is C19H22N2O4. The summed E-state index contributed by atoms with van der Waals surface area (Å²) in [4.78, 5) is 11.2. The smallest absolute Gasteiger partial charge is 0.337 e. The molecule has 2 aromatic carbocycles. The number of nitrogens with zero attached hydrogens (tertiary/aromatic N) is 1. The third-order valence-electron chi connectivity index (χ3n) is 3.29. The van der Waals surface area contributed by atoms with Crippen molar-refractivity contribution in [1.29, 1.82) is 0 Å². The van der Waals surface area contributed by atoms with Crippen LogP contribution in [0.4, 0.5) is 5.69 Å². The molecule has 2 aromatic rings. The first-order valence-electron chi connectivity index (χ1n) is 8.16. The van der Waals surface area contributed by atoms with Gasteiger partial charge in [-0.1, -0.05) is 19.1 Å². The molecule has 0 aromatic heterocycles. The average Bonchev–Trinajstić information content (AvgIpc) is 2.61. The van der Waals surface area contributed by atoms with E-state index in [9.17, 15) is 4.79 Å². The van der Waals surface area contributed by atoms with E-state index >= 15 is 0 Å². The van der Waals surface area contributed by atoms with E-state index in [-0.39, 0.29) is 5.56 Å². The maximum atomic E-state index is 11.2. The quantitative estimate of drug-likeness (QED) is 0.531. The van der Waals surface area contributed by atoms with Gasteiger partial charge in [-0.15, -0.1) is 0 Å². The number of para-hydroxylation sites is 1. The Morgan fingerprint density at radius 2 is 1.96 bits per heavy atom. The number of rotatable bonds is 9. The molecular weight excluding hydrogens is 320 g/mol. The fourth-order valence-corrected chi connectivity index (χ4v) is 2.15. The van der Waals surface area contributed by atoms with Crippen LogP contribution in [0.1, 0.15) is 36.2 Å². The highest BCUT2D eigenvalue weighted by Gasteiger charge is 2.08. The lowest BCUT2D eigenvalue weighted by atomic mass is 10.2. The van der Waals surface area contributed by atoms with Gasteiger partial charge in [0.1, 0.15) is 0 Å². The van der Waals surface area contributed by atoms with Crippen molar-refractivity contribution >= 4 is 17.9 Å². The van der Waals surface area contributed by atoms with Crippen molar-refractivity contribution in [3.05, 3.63) is 53.6 Å². The van der Waals surface area contributed by atoms with Gasteiger partial charge >= 0.3 is 5.97 Å². The topological polar surface area (TPSA) is 80.2 Å². The Morgan fingerprint density at radius 3 is 2.68 bits per heavy atom. The number of hydrazone groups is 1. The zero-order chi connectivity index (χ0) is 18.1. The monoisotopic (exact) mass is 342 g/mol. The van der Waals surface area contributed by atoms with Gasteiger partial charge in [0.15, 0.2) is 11.5 Å². The highest BCUT2D eigenvalue weighted by Crippen LogP contribution is 2.28. The van der Waals surface area contributed by atoms with Crippen LogP contribution in [0.25, 0.3) is 0 Å². The standard InChI is InChI=1S/C19H22N2O4/c1-3-11-25-17-10-9-14(12-18(17)24-4-2)13-20-21-16-8-6-5-7-15(16)19(22)23/h5-10,12-13,21H,3-4,11H2,1-2H3,(H,22,23)/b20-13+. The third kappa shape index (κ3) is 5.24. The van der Waals surface area contributed by atoms with Crippen molar-refractivity contribution in [3.8, 4) is 11.5 Å². The fourth-order valence-electron chi connectivity index (χ4n) is 2.15. The van der Waals surface area contributed by atoms with Crippen molar-refractivity contribution in [3.63, 3.8) is 0 Å². The molecule has 6 nitrogen and oxygen atoms in total. The molecule has 0 aliphatic rings. The van der Waals surface area contributed by atoms with Gasteiger partial charge in [-0.05, 0) is 49.2 Å². The second kappa shape index (κ2) is 9.32. The predicted octanol–water partition coefficient (Wildman–Crippen LogP) is 4.02. The van der Waals surface area contributed by atoms with Crippen LogP contribution in [-0.4, -0.2) is 30.5 Å². The van der Waals surface area contributed by atoms with E-state index in [1.807, 2.05) is 32.0 Å². The van der Waals surface area contributed by atoms with Crippen molar-refractivity contribution in [1.82, 2.24) is 0 Å². The van der Waals surface area contributed by atoms with Crippen LogP contribution >= 0.6 is 0 Å². The summed E-state index contributed by atoms with van der Waals surface area (Å²) in [5.41, 5.74) is 4.17. The molecule has 2 N–H and O–H groups in total. The number of carboxylic acid groups (broad SMARTS) is 1. The van der Waals surface area contributed by atoms with Crippen LogP contribution in [0.15, 0.2) is 47.6 Å². The van der Waals surface area contributed by atoms with Crippen molar-refractivity contribution in [2.45, 2.75) is 20.3 Å². The Kier molecular flexibility index (Phi) is 6.83. The van der Waals surface area contributed by atoms with Gasteiger partial charge in [0, 0.05) is 0 Å². The molecule has 0 saturated carbocycles. The van der Waals surface area contributed by atoms with Gasteiger partial charge in [0.25, 0.3) is 0 Å². The van der Waals surface area contributed by atoms with Crippen LogP contribution in [0.3, 0.4) is 0 Å². The molecule has 132 valence electrons. The molecule has 2 rings (SSSR count). The van der Waals surface area contributed by atoms with Gasteiger partial charge in [-0.25, -0.2) is 4.79 Å². The van der Waals surface area contributed by atoms with Gasteiger partial charge in [-0.3, -0.25) is 5.43 Å². The molecule has 0 radical (unpaired) electrons. The summed E-state index contributed by atoms with van der Waals surface area (Å²) in [6, 6.07) is 12.1. The van der Waals surface area contributed by atoms with E-state index in [0.717, 1.165) is 12.0 Å². The third-order valence-corrected chi connectivity index (χ3v) is 3.29. The second-order valence-corrected chi connectivity index (χ2v) is 5.21. The molecule has 0 bridgehead atoms. The summed E-state index contributed by atoms with van der Waals surface area (Å²) in [6.07, 6.45) is 2.52. The highest BCUT2D eigenvalue weighted by atomic mass is 16.5. The number of ether oxygens (including phenoxy) is 2. The number of carboxylic acids is 1. The van der Waals surface area contributed by atoms with E-state index in [4.69, 9.17) is 14.6 Å². The van der Waals surface area contributed by atoms with Gasteiger partial charge in [0.05, 0.1) is 30.7 Å². The number of aromatic carboxylic acids is 1. The molecule has 0 unspecified atom stereocenters. The van der Waals surface area contributed by atoms with Crippen LogP contribution in [0, 0.1) is 0 Å². The van der Waals surface area contributed by atoms with E-state index in [2.05, 4.69) is 10.5 Å². The lowest BCUT2D eigenvalue weighted by Gasteiger charge is -2.12. The Labute approximate surface area is 147 Å². The van der Waals surface area contributed by atoms with Gasteiger partial charge in [-0.2, -0.15) is 5.10 Å². The Hall–Kier alpha value is -3.02. The molecule has 0 atom stereocenters. The number of hydrogen-bond acceptors (Lipinski definition) is 5. The molecule has 0 aliphatic carbocycles. The number of carbonyl (C=O) groups is 1. The summed E-state index contributed by atoms with van der Waals surface area (Å²) in [5.74, 6) is 0.352. The Morgan fingerprint density at radius 1 is 1.16 bits per heavy atom. The van der Waals surface area contributed by atoms with Crippen molar-refractivity contribution in [2.75, 3.05) is 18.6 Å². The maximum Gasteiger partial charge on any atom is 0.337 e. The maximum absolute atomic E-state index is 11.2. The van der Waals surface area contributed by atoms with Crippen LogP contribution in [0.5, 0.6) is 11.5 Å². The van der Waals surface area contributed by atoms with Crippen LogP contribution < -0.4 is 14.9 Å². The number of anilines is 1. The molecule has 6 heteroatoms. The molecule has 0 heterocycles. The second-order valence-electron chi connectivity index (χ2n) is 5.21. The summed E-state index contributed by atoms with van der Waals surface area (Å²) < 4.78 is 11.3. The summed E-state index contributed by atoms with van der Waals surface area (Å²) in [7, 11) is 0. The molecule has 0 spiro atoms. The summed E-state index contributed by atoms with van der Waals surface area (Å²) in [6.45, 7) is 5.12. The van der Waals surface area contributed by atoms with Crippen molar-refractivity contribution in [2.24, 2.45) is 5.10 Å². The fraction of sp³-hybridized carbons (Fsp3) is 0.263. The molecule has 0 saturated heterocycles. The molecule has 0 amide bonds. The molecule has 0 aliphatic heterocycles. The van der Waals surface area contributed by atoms with Gasteiger partial charge in [0.2, 0.25) is 0 Å². The number of nitrogens with one attached hydrogen (secondary N) is 1. The van der Waals surface area contributed by atoms with Crippen molar-refractivity contribution < 1.29 is 19.4 Å². The van der Waals surface area contributed by atoms with Gasteiger partial charge < -0.3 is 14.6 Å². The lowest BCUT2D eigenvalue weighted by Crippen LogP contribution is -2.02. The summed E-state index contributed by atoms with van der Waals surface area (Å²) >= 11 is 0. The zero-order valence-electron chi connectivity index (χ0n) is 14.4. The van der Waals surface area contributed by atoms with Crippen LogP contribution in [-0.2, 0) is 0 Å². The predicted molar refractivity (Wildman–Crippen MR) is 98.0 cm³/mol. The number of hydrogen-bond donors (Lipinski definition) is 2. The average molecular weight is 342 g/mol. The summed E-state index contributed by atoms with van der Waals surface area (Å²) in [5, 5.41) is 13.3. The van der Waals surface area contributed by atoms with Crippen LogP contribution in [0.2, 0.25) is 0 Å². The SMILES string of the molecule is CCCOc1ccc(/C=N/Nc2ccccc2C(=O)O)cc1OCC. The lowest BCUT2D eigenvalue weighted by molar-refractivity contribution is 0.0698. The Bertz CT molecular complexity index is 744. The molecule has 25 heavy (non-hydrogen) atoms. The largest absolute Gasteiger partial charge is 0.490 e. The normalized spacial score (nSPS) is 10.6.